The first-order valence-corrected chi connectivity index (χ1v) is 8.36. The summed E-state index contributed by atoms with van der Waals surface area (Å²) < 4.78 is 46.4. The molecule has 2 atom stereocenters. The third kappa shape index (κ3) is 3.42. The van der Waals surface area contributed by atoms with E-state index in [9.17, 15) is 17.6 Å². The SMILES string of the molecule is CC1OCCC1NS(=O)(=O)c1cc(Br)cc(C(=O)O)c1F. The molecule has 0 aliphatic carbocycles. The van der Waals surface area contributed by atoms with Crippen LogP contribution >= 0.6 is 15.9 Å². The topological polar surface area (TPSA) is 92.7 Å². The summed E-state index contributed by atoms with van der Waals surface area (Å²) in [6, 6.07) is 1.57. The van der Waals surface area contributed by atoms with Crippen LogP contribution in [0.2, 0.25) is 0 Å². The van der Waals surface area contributed by atoms with Gasteiger partial charge in [-0.25, -0.2) is 22.3 Å². The molecule has 2 N–H and O–H groups in total. The van der Waals surface area contributed by atoms with Crippen LogP contribution in [-0.4, -0.2) is 38.2 Å². The Bertz CT molecular complexity index is 678. The van der Waals surface area contributed by atoms with Crippen LogP contribution in [0.3, 0.4) is 0 Å². The molecule has 1 fully saturated rings. The molecule has 0 saturated carbocycles. The number of nitrogens with one attached hydrogen (secondary N) is 1. The fourth-order valence-electron chi connectivity index (χ4n) is 2.06. The first-order valence-electron chi connectivity index (χ1n) is 6.08. The maximum Gasteiger partial charge on any atom is 0.338 e. The summed E-state index contributed by atoms with van der Waals surface area (Å²) in [5, 5.41) is 8.91. The van der Waals surface area contributed by atoms with Crippen molar-refractivity contribution in [3.05, 3.63) is 28.0 Å². The minimum absolute atomic E-state index is 0.164. The number of hydrogen-bond donors (Lipinski definition) is 2. The van der Waals surface area contributed by atoms with E-state index in [1.165, 1.54) is 0 Å². The van der Waals surface area contributed by atoms with Crippen molar-refractivity contribution in [2.45, 2.75) is 30.4 Å². The molecule has 1 heterocycles. The van der Waals surface area contributed by atoms with Gasteiger partial charge in [0, 0.05) is 11.1 Å². The van der Waals surface area contributed by atoms with Gasteiger partial charge >= 0.3 is 5.97 Å². The van der Waals surface area contributed by atoms with Crippen molar-refractivity contribution in [1.82, 2.24) is 4.72 Å². The van der Waals surface area contributed by atoms with Gasteiger partial charge in [-0.15, -0.1) is 0 Å². The van der Waals surface area contributed by atoms with Crippen LogP contribution < -0.4 is 4.72 Å². The average Bonchev–Trinajstić information content (AvgIpc) is 2.76. The summed E-state index contributed by atoms with van der Waals surface area (Å²) in [6.45, 7) is 2.12. The lowest BCUT2D eigenvalue weighted by atomic mass is 10.2. The zero-order valence-electron chi connectivity index (χ0n) is 11.0. The van der Waals surface area contributed by atoms with E-state index in [0.717, 1.165) is 12.1 Å². The van der Waals surface area contributed by atoms with E-state index >= 15 is 0 Å². The summed E-state index contributed by atoms with van der Waals surface area (Å²) in [5.41, 5.74) is -0.708. The second-order valence-electron chi connectivity index (χ2n) is 4.66. The Balaban J connectivity index is 2.42. The van der Waals surface area contributed by atoms with E-state index < -0.39 is 38.3 Å². The number of benzene rings is 1. The highest BCUT2D eigenvalue weighted by Gasteiger charge is 2.32. The van der Waals surface area contributed by atoms with Crippen molar-refractivity contribution < 1.29 is 27.4 Å². The second-order valence-corrected chi connectivity index (χ2v) is 7.26. The third-order valence-electron chi connectivity index (χ3n) is 3.21. The summed E-state index contributed by atoms with van der Waals surface area (Å²) in [4.78, 5) is 10.3. The molecule has 9 heteroatoms. The number of rotatable bonds is 4. The van der Waals surface area contributed by atoms with Gasteiger partial charge < -0.3 is 9.84 Å². The molecule has 0 radical (unpaired) electrons. The standard InChI is InChI=1S/C12H13BrFNO5S/c1-6-9(2-3-20-6)15-21(18,19)10-5-7(13)4-8(11(10)14)12(16)17/h4-6,9,15H,2-3H2,1H3,(H,16,17). The Hall–Kier alpha value is -1.03. The molecule has 1 aliphatic heterocycles. The maximum atomic E-state index is 14.1. The molecule has 1 aliphatic rings. The zero-order valence-corrected chi connectivity index (χ0v) is 13.4. The van der Waals surface area contributed by atoms with Gasteiger partial charge in [0.05, 0.1) is 17.7 Å². The second kappa shape index (κ2) is 5.99. The summed E-state index contributed by atoms with van der Waals surface area (Å²) >= 11 is 2.99. The first kappa shape index (κ1) is 16.3. The third-order valence-corrected chi connectivity index (χ3v) is 5.15. The number of aromatic carboxylic acids is 1. The van der Waals surface area contributed by atoms with E-state index in [-0.39, 0.29) is 10.6 Å². The molecular weight excluding hydrogens is 369 g/mol. The van der Waals surface area contributed by atoms with Crippen molar-refractivity contribution >= 4 is 31.9 Å². The molecule has 2 rings (SSSR count). The Morgan fingerprint density at radius 3 is 2.71 bits per heavy atom. The van der Waals surface area contributed by atoms with Crippen molar-refractivity contribution in [1.29, 1.82) is 0 Å². The molecule has 21 heavy (non-hydrogen) atoms. The molecule has 0 aromatic heterocycles. The van der Waals surface area contributed by atoms with Crippen LogP contribution in [0.5, 0.6) is 0 Å². The largest absolute Gasteiger partial charge is 0.478 e. The molecule has 1 aromatic rings. The molecule has 116 valence electrons. The summed E-state index contributed by atoms with van der Waals surface area (Å²) in [7, 11) is -4.18. The Kier molecular flexibility index (Phi) is 4.66. The Labute approximate surface area is 129 Å². The molecule has 6 nitrogen and oxygen atoms in total. The lowest BCUT2D eigenvalue weighted by molar-refractivity contribution is 0.0691. The number of carbonyl (C=O) groups is 1. The van der Waals surface area contributed by atoms with E-state index in [1.54, 1.807) is 6.92 Å². The van der Waals surface area contributed by atoms with Crippen LogP contribution in [0.15, 0.2) is 21.5 Å². The van der Waals surface area contributed by atoms with Gasteiger partial charge in [0.25, 0.3) is 0 Å². The quantitative estimate of drug-likeness (QED) is 0.828. The van der Waals surface area contributed by atoms with Crippen LogP contribution in [0, 0.1) is 5.82 Å². The van der Waals surface area contributed by atoms with Crippen molar-refractivity contribution in [3.63, 3.8) is 0 Å². The molecule has 0 spiro atoms. The fraction of sp³-hybridized carbons (Fsp3) is 0.417. The van der Waals surface area contributed by atoms with Gasteiger partial charge in [-0.2, -0.15) is 0 Å². The number of carboxylic acids is 1. The predicted octanol–water partition coefficient (Wildman–Crippen LogP) is 1.74. The molecular formula is C12H13BrFNO5S. The Morgan fingerprint density at radius 1 is 1.52 bits per heavy atom. The molecule has 1 saturated heterocycles. The highest BCUT2D eigenvalue weighted by atomic mass is 79.9. The lowest BCUT2D eigenvalue weighted by Gasteiger charge is -2.17. The number of halogens is 2. The van der Waals surface area contributed by atoms with Crippen molar-refractivity contribution in [2.24, 2.45) is 0 Å². The van der Waals surface area contributed by atoms with E-state index in [4.69, 9.17) is 9.84 Å². The van der Waals surface area contributed by atoms with Crippen LogP contribution in [0.4, 0.5) is 4.39 Å². The molecule has 1 aromatic carbocycles. The minimum Gasteiger partial charge on any atom is -0.478 e. The van der Waals surface area contributed by atoms with E-state index in [1.807, 2.05) is 0 Å². The minimum atomic E-state index is -4.18. The lowest BCUT2D eigenvalue weighted by Crippen LogP contribution is -2.39. The van der Waals surface area contributed by atoms with Crippen molar-refractivity contribution in [2.75, 3.05) is 6.61 Å². The number of hydrogen-bond acceptors (Lipinski definition) is 4. The fourth-order valence-corrected chi connectivity index (χ4v) is 4.14. The van der Waals surface area contributed by atoms with Gasteiger partial charge in [0.2, 0.25) is 10.0 Å². The predicted molar refractivity (Wildman–Crippen MR) is 75.2 cm³/mol. The zero-order chi connectivity index (χ0) is 15.8. The van der Waals surface area contributed by atoms with E-state index in [2.05, 4.69) is 20.7 Å². The van der Waals surface area contributed by atoms with Crippen molar-refractivity contribution in [3.8, 4) is 0 Å². The first-order chi connectivity index (χ1) is 9.72. The molecule has 2 unspecified atom stereocenters. The van der Waals surface area contributed by atoms with Gasteiger partial charge in [-0.3, -0.25) is 0 Å². The molecule has 0 bridgehead atoms. The smallest absolute Gasteiger partial charge is 0.338 e. The van der Waals surface area contributed by atoms with Crippen LogP contribution in [0.25, 0.3) is 0 Å². The van der Waals surface area contributed by atoms with Gasteiger partial charge in [-0.05, 0) is 25.5 Å². The van der Waals surface area contributed by atoms with Gasteiger partial charge in [0.1, 0.15) is 4.90 Å². The summed E-state index contributed by atoms with van der Waals surface area (Å²) in [5.74, 6) is -2.83. The number of carboxylic acid groups (broad SMARTS) is 1. The monoisotopic (exact) mass is 381 g/mol. The number of ether oxygens (including phenoxy) is 1. The van der Waals surface area contributed by atoms with Crippen LogP contribution in [0.1, 0.15) is 23.7 Å². The number of sulfonamides is 1. The average molecular weight is 382 g/mol. The van der Waals surface area contributed by atoms with Gasteiger partial charge in [0.15, 0.2) is 5.82 Å². The Morgan fingerprint density at radius 2 is 2.19 bits per heavy atom. The maximum absolute atomic E-state index is 14.1. The molecule has 0 amide bonds. The highest BCUT2D eigenvalue weighted by molar-refractivity contribution is 9.10. The highest BCUT2D eigenvalue weighted by Crippen LogP contribution is 2.25. The van der Waals surface area contributed by atoms with E-state index in [0.29, 0.717) is 13.0 Å². The van der Waals surface area contributed by atoms with Gasteiger partial charge in [-0.1, -0.05) is 15.9 Å². The summed E-state index contributed by atoms with van der Waals surface area (Å²) in [6.07, 6.45) is 0.149. The van der Waals surface area contributed by atoms with Crippen LogP contribution in [-0.2, 0) is 14.8 Å². The normalized spacial score (nSPS) is 22.4.